The highest BCUT2D eigenvalue weighted by molar-refractivity contribution is 6.32. The lowest BCUT2D eigenvalue weighted by molar-refractivity contribution is 0.464. The Hall–Kier alpha value is -1.31. The zero-order valence-corrected chi connectivity index (χ0v) is 7.22. The maximum atomic E-state index is 12.7. The summed E-state index contributed by atoms with van der Waals surface area (Å²) < 4.78 is 12.7. The largest absolute Gasteiger partial charge is 0.506 e. The molecule has 68 valence electrons. The maximum Gasteiger partial charge on any atom is 0.140 e. The van der Waals surface area contributed by atoms with Crippen LogP contribution in [0.15, 0.2) is 12.1 Å². The van der Waals surface area contributed by atoms with E-state index in [9.17, 15) is 9.50 Å². The predicted molar refractivity (Wildman–Crippen MR) is 45.6 cm³/mol. The standard InChI is InChI=1S/C8H6ClFN2O/c9-6-2-4(10)1-5(8(6)13)7(12)3-11/h1-2,7,13H,12H2. The van der Waals surface area contributed by atoms with Gasteiger partial charge in [0, 0.05) is 5.56 Å². The van der Waals surface area contributed by atoms with Crippen molar-refractivity contribution in [2.75, 3.05) is 0 Å². The molecule has 1 aromatic carbocycles. The summed E-state index contributed by atoms with van der Waals surface area (Å²) in [4.78, 5) is 0. The molecule has 0 fully saturated rings. The number of aromatic hydroxyl groups is 1. The SMILES string of the molecule is N#CC(N)c1cc(F)cc(Cl)c1O. The Balaban J connectivity index is 3.30. The average molecular weight is 201 g/mol. The van der Waals surface area contributed by atoms with Gasteiger partial charge in [-0.3, -0.25) is 0 Å². The second kappa shape index (κ2) is 3.60. The van der Waals surface area contributed by atoms with Crippen LogP contribution < -0.4 is 5.73 Å². The van der Waals surface area contributed by atoms with Crippen LogP contribution in [-0.2, 0) is 0 Å². The summed E-state index contributed by atoms with van der Waals surface area (Å²) >= 11 is 5.47. The molecule has 1 aromatic rings. The molecular weight excluding hydrogens is 195 g/mol. The Morgan fingerprint density at radius 2 is 2.23 bits per heavy atom. The Morgan fingerprint density at radius 3 is 2.77 bits per heavy atom. The zero-order valence-electron chi connectivity index (χ0n) is 6.46. The summed E-state index contributed by atoms with van der Waals surface area (Å²) in [6.45, 7) is 0. The fourth-order valence-corrected chi connectivity index (χ4v) is 1.11. The van der Waals surface area contributed by atoms with Crippen molar-refractivity contribution in [1.29, 1.82) is 5.26 Å². The number of rotatable bonds is 1. The van der Waals surface area contributed by atoms with Crippen molar-refractivity contribution in [1.82, 2.24) is 0 Å². The molecular formula is C8H6ClFN2O. The summed E-state index contributed by atoms with van der Waals surface area (Å²) in [7, 11) is 0. The maximum absolute atomic E-state index is 12.7. The topological polar surface area (TPSA) is 70.0 Å². The molecule has 3 N–H and O–H groups in total. The Morgan fingerprint density at radius 1 is 1.62 bits per heavy atom. The summed E-state index contributed by atoms with van der Waals surface area (Å²) in [5.41, 5.74) is 5.28. The normalized spacial score (nSPS) is 12.2. The van der Waals surface area contributed by atoms with Crippen molar-refractivity contribution in [2.24, 2.45) is 5.73 Å². The predicted octanol–water partition coefficient (Wildman–Crippen LogP) is 1.71. The van der Waals surface area contributed by atoms with Crippen molar-refractivity contribution in [3.63, 3.8) is 0 Å². The molecule has 13 heavy (non-hydrogen) atoms. The third-order valence-electron chi connectivity index (χ3n) is 1.53. The van der Waals surface area contributed by atoms with Gasteiger partial charge in [-0.05, 0) is 12.1 Å². The number of halogens is 2. The molecule has 0 spiro atoms. The van der Waals surface area contributed by atoms with E-state index in [0.717, 1.165) is 12.1 Å². The zero-order chi connectivity index (χ0) is 10.0. The highest BCUT2D eigenvalue weighted by Crippen LogP contribution is 2.31. The van der Waals surface area contributed by atoms with Gasteiger partial charge in [0.1, 0.15) is 17.6 Å². The fourth-order valence-electron chi connectivity index (χ4n) is 0.893. The first-order valence-corrected chi connectivity index (χ1v) is 3.77. The van der Waals surface area contributed by atoms with Crippen LogP contribution >= 0.6 is 11.6 Å². The number of hydrogen-bond donors (Lipinski definition) is 2. The van der Waals surface area contributed by atoms with E-state index in [1.54, 1.807) is 6.07 Å². The van der Waals surface area contributed by atoms with Crippen molar-refractivity contribution in [3.05, 3.63) is 28.5 Å². The summed E-state index contributed by atoms with van der Waals surface area (Å²) in [6, 6.07) is 2.52. The van der Waals surface area contributed by atoms with Gasteiger partial charge < -0.3 is 10.8 Å². The molecule has 0 aliphatic rings. The molecule has 1 rings (SSSR count). The lowest BCUT2D eigenvalue weighted by Crippen LogP contribution is -2.07. The van der Waals surface area contributed by atoms with Gasteiger partial charge in [-0.2, -0.15) is 5.26 Å². The van der Waals surface area contributed by atoms with Crippen LogP contribution in [0.3, 0.4) is 0 Å². The second-order valence-electron chi connectivity index (χ2n) is 2.43. The van der Waals surface area contributed by atoms with Gasteiger partial charge in [-0.25, -0.2) is 4.39 Å². The van der Waals surface area contributed by atoms with Gasteiger partial charge in [-0.1, -0.05) is 11.6 Å². The first kappa shape index (κ1) is 9.78. The fraction of sp³-hybridized carbons (Fsp3) is 0.125. The van der Waals surface area contributed by atoms with Crippen LogP contribution in [0.1, 0.15) is 11.6 Å². The number of hydrogen-bond acceptors (Lipinski definition) is 3. The van der Waals surface area contributed by atoms with E-state index in [1.165, 1.54) is 0 Å². The molecule has 0 heterocycles. The molecule has 0 bridgehead atoms. The lowest BCUT2D eigenvalue weighted by atomic mass is 10.1. The van der Waals surface area contributed by atoms with Crippen LogP contribution in [0, 0.1) is 17.1 Å². The minimum absolute atomic E-state index is 0.00694. The minimum Gasteiger partial charge on any atom is -0.506 e. The van der Waals surface area contributed by atoms with E-state index in [4.69, 9.17) is 22.6 Å². The first-order chi connectivity index (χ1) is 6.06. The van der Waals surface area contributed by atoms with Gasteiger partial charge in [0.05, 0.1) is 11.1 Å². The van der Waals surface area contributed by atoms with Gasteiger partial charge in [0.2, 0.25) is 0 Å². The van der Waals surface area contributed by atoms with Crippen LogP contribution in [0.5, 0.6) is 5.75 Å². The molecule has 3 nitrogen and oxygen atoms in total. The van der Waals surface area contributed by atoms with E-state index in [0.29, 0.717) is 0 Å². The molecule has 0 saturated carbocycles. The summed E-state index contributed by atoms with van der Waals surface area (Å²) in [6.07, 6.45) is 0. The lowest BCUT2D eigenvalue weighted by Gasteiger charge is -2.07. The number of nitriles is 1. The third-order valence-corrected chi connectivity index (χ3v) is 1.82. The third kappa shape index (κ3) is 1.89. The molecule has 0 aliphatic carbocycles. The monoisotopic (exact) mass is 200 g/mol. The van der Waals surface area contributed by atoms with E-state index >= 15 is 0 Å². The van der Waals surface area contributed by atoms with Crippen molar-refractivity contribution < 1.29 is 9.50 Å². The summed E-state index contributed by atoms with van der Waals surface area (Å²) in [5.74, 6) is -0.986. The van der Waals surface area contributed by atoms with Crippen LogP contribution in [-0.4, -0.2) is 5.11 Å². The van der Waals surface area contributed by atoms with Gasteiger partial charge in [-0.15, -0.1) is 0 Å². The number of phenols is 1. The van der Waals surface area contributed by atoms with E-state index < -0.39 is 11.9 Å². The Kier molecular flexibility index (Phi) is 2.71. The highest BCUT2D eigenvalue weighted by Gasteiger charge is 2.14. The molecule has 0 amide bonds. The molecule has 0 radical (unpaired) electrons. The van der Waals surface area contributed by atoms with Crippen molar-refractivity contribution in [2.45, 2.75) is 6.04 Å². The van der Waals surface area contributed by atoms with Crippen molar-refractivity contribution in [3.8, 4) is 11.8 Å². The van der Waals surface area contributed by atoms with Crippen LogP contribution in [0.2, 0.25) is 5.02 Å². The molecule has 1 atom stereocenters. The van der Waals surface area contributed by atoms with Crippen molar-refractivity contribution >= 4 is 11.6 Å². The summed E-state index contributed by atoms with van der Waals surface area (Å²) in [5, 5.41) is 17.6. The molecule has 1 unspecified atom stereocenters. The van der Waals surface area contributed by atoms with E-state index in [2.05, 4.69) is 0 Å². The number of benzene rings is 1. The molecule has 0 aliphatic heterocycles. The highest BCUT2D eigenvalue weighted by atomic mass is 35.5. The smallest absolute Gasteiger partial charge is 0.140 e. The van der Waals surface area contributed by atoms with E-state index in [1.807, 2.05) is 0 Å². The Bertz CT molecular complexity index is 375. The number of nitrogens with zero attached hydrogens (tertiary/aromatic N) is 1. The van der Waals surface area contributed by atoms with Crippen LogP contribution in [0.25, 0.3) is 0 Å². The van der Waals surface area contributed by atoms with E-state index in [-0.39, 0.29) is 16.3 Å². The number of nitrogens with two attached hydrogens (primary N) is 1. The number of phenolic OH excluding ortho intramolecular Hbond substituents is 1. The van der Waals surface area contributed by atoms with Gasteiger partial charge >= 0.3 is 0 Å². The quantitative estimate of drug-likeness (QED) is 0.725. The first-order valence-electron chi connectivity index (χ1n) is 3.39. The Labute approximate surface area is 79.2 Å². The minimum atomic E-state index is -1.08. The van der Waals surface area contributed by atoms with Gasteiger partial charge in [0.15, 0.2) is 0 Å². The molecule has 0 saturated heterocycles. The molecule has 5 heteroatoms. The molecule has 0 aromatic heterocycles. The van der Waals surface area contributed by atoms with Gasteiger partial charge in [0.25, 0.3) is 0 Å². The average Bonchev–Trinajstić information content (AvgIpc) is 2.10. The second-order valence-corrected chi connectivity index (χ2v) is 2.84. The van der Waals surface area contributed by atoms with Crippen LogP contribution in [0.4, 0.5) is 4.39 Å².